The first-order chi connectivity index (χ1) is 9.40. The molecule has 1 nitrogen and oxygen atoms in total. The molecule has 0 aliphatic heterocycles. The minimum Gasteiger partial charge on any atom is -0.257 e. The lowest BCUT2D eigenvalue weighted by Crippen LogP contribution is -2.22. The molecule has 1 rings (SSSR count). The normalized spacial score (nSPS) is 11.9. The lowest BCUT2D eigenvalue weighted by atomic mass is 9.77. The van der Waals surface area contributed by atoms with Crippen molar-refractivity contribution in [1.29, 1.82) is 0 Å². The van der Waals surface area contributed by atoms with Crippen LogP contribution in [0.15, 0.2) is 0 Å². The van der Waals surface area contributed by atoms with Gasteiger partial charge in [-0.25, -0.2) is 0 Å². The van der Waals surface area contributed by atoms with Gasteiger partial charge in [-0.1, -0.05) is 61.3 Å². The molecule has 0 saturated carbocycles. The fourth-order valence-corrected chi connectivity index (χ4v) is 3.30. The third-order valence-electron chi connectivity index (χ3n) is 3.99. The number of rotatable bonds is 6. The van der Waals surface area contributed by atoms with Crippen molar-refractivity contribution in [1.82, 2.24) is 4.98 Å². The van der Waals surface area contributed by atoms with Crippen LogP contribution in [0.1, 0.15) is 89.4 Å². The molecule has 1 aromatic heterocycles. The first-order valence-corrected chi connectivity index (χ1v) is 8.44. The van der Waals surface area contributed by atoms with Crippen LogP contribution in [0, 0.1) is 0 Å². The van der Waals surface area contributed by atoms with Crippen LogP contribution in [-0.4, -0.2) is 4.98 Å². The van der Waals surface area contributed by atoms with Crippen LogP contribution >= 0.6 is 0 Å². The van der Waals surface area contributed by atoms with Gasteiger partial charge >= 0.3 is 0 Å². The van der Waals surface area contributed by atoms with Gasteiger partial charge in [0, 0.05) is 11.4 Å². The zero-order valence-electron chi connectivity index (χ0n) is 14.7. The molecule has 0 amide bonds. The second-order valence-corrected chi connectivity index (χ2v) is 6.79. The summed E-state index contributed by atoms with van der Waals surface area (Å²) in [6, 6.07) is 0. The largest absolute Gasteiger partial charge is 0.257 e. The summed E-state index contributed by atoms with van der Waals surface area (Å²) in [7, 11) is 0. The average Bonchev–Trinajstić information content (AvgIpc) is 2.38. The Morgan fingerprint density at radius 2 is 1.15 bits per heavy atom. The lowest BCUT2D eigenvalue weighted by Gasteiger charge is -2.29. The van der Waals surface area contributed by atoms with Crippen LogP contribution in [0.2, 0.25) is 0 Å². The molecule has 114 valence electrons. The Hall–Kier alpha value is -0.850. The first-order valence-electron chi connectivity index (χ1n) is 8.44. The van der Waals surface area contributed by atoms with Crippen LogP contribution in [0.25, 0.3) is 0 Å². The maximum Gasteiger partial charge on any atom is 0.0439 e. The summed E-state index contributed by atoms with van der Waals surface area (Å²) in [6.45, 7) is 16.1. The smallest absolute Gasteiger partial charge is 0.0439 e. The van der Waals surface area contributed by atoms with Gasteiger partial charge < -0.3 is 0 Å². The number of nitrogens with zero attached hydrogens (tertiary/aromatic N) is 1. The van der Waals surface area contributed by atoms with Crippen molar-refractivity contribution < 1.29 is 0 Å². The molecule has 0 N–H and O–H groups in total. The topological polar surface area (TPSA) is 12.9 Å². The van der Waals surface area contributed by atoms with E-state index >= 15 is 0 Å². The van der Waals surface area contributed by atoms with Crippen molar-refractivity contribution >= 4 is 0 Å². The third-order valence-corrected chi connectivity index (χ3v) is 3.99. The highest BCUT2D eigenvalue weighted by Crippen LogP contribution is 2.34. The van der Waals surface area contributed by atoms with Crippen LogP contribution in [0.3, 0.4) is 0 Å². The molecule has 1 heteroatoms. The van der Waals surface area contributed by atoms with E-state index in [0.29, 0.717) is 0 Å². The number of hydrogen-bond acceptors (Lipinski definition) is 1. The van der Waals surface area contributed by atoms with Crippen LogP contribution in [0.5, 0.6) is 0 Å². The summed E-state index contributed by atoms with van der Waals surface area (Å²) in [4.78, 5) is 5.02. The van der Waals surface area contributed by atoms with Gasteiger partial charge in [-0.2, -0.15) is 0 Å². The van der Waals surface area contributed by atoms with Crippen molar-refractivity contribution in [3.63, 3.8) is 0 Å². The van der Waals surface area contributed by atoms with E-state index in [1.807, 2.05) is 0 Å². The zero-order chi connectivity index (χ0) is 15.3. The highest BCUT2D eigenvalue weighted by molar-refractivity contribution is 5.45. The molecule has 0 aromatic carbocycles. The summed E-state index contributed by atoms with van der Waals surface area (Å²) in [5, 5.41) is 0. The summed E-state index contributed by atoms with van der Waals surface area (Å²) in [6.07, 6.45) is 6.85. The fourth-order valence-electron chi connectivity index (χ4n) is 3.30. The van der Waals surface area contributed by atoms with Gasteiger partial charge in [0.25, 0.3) is 0 Å². The summed E-state index contributed by atoms with van der Waals surface area (Å²) < 4.78 is 0. The van der Waals surface area contributed by atoms with Crippen molar-refractivity contribution in [3.05, 3.63) is 28.1 Å². The molecule has 1 heterocycles. The Morgan fingerprint density at radius 3 is 1.40 bits per heavy atom. The Morgan fingerprint density at radius 1 is 0.750 bits per heavy atom. The predicted molar refractivity (Wildman–Crippen MR) is 89.7 cm³/mol. The SMILES string of the molecule is CCCc1c(CC)nc(CC)c(CCC)c1C(C)(C)C. The second kappa shape index (κ2) is 7.24. The molecular formula is C19H33N. The summed E-state index contributed by atoms with van der Waals surface area (Å²) in [5.41, 5.74) is 7.59. The molecule has 0 bridgehead atoms. The second-order valence-electron chi connectivity index (χ2n) is 6.79. The molecule has 0 atom stereocenters. The monoisotopic (exact) mass is 275 g/mol. The van der Waals surface area contributed by atoms with Crippen molar-refractivity contribution in [2.45, 2.75) is 92.4 Å². The van der Waals surface area contributed by atoms with Gasteiger partial charge in [0.05, 0.1) is 0 Å². The van der Waals surface area contributed by atoms with E-state index in [1.54, 1.807) is 16.7 Å². The Bertz CT molecular complexity index is 406. The molecule has 0 unspecified atom stereocenters. The average molecular weight is 275 g/mol. The molecule has 0 spiro atoms. The van der Waals surface area contributed by atoms with Crippen LogP contribution < -0.4 is 0 Å². The predicted octanol–water partition coefficient (Wildman–Crippen LogP) is 5.41. The van der Waals surface area contributed by atoms with Gasteiger partial charge in [-0.05, 0) is 47.8 Å². The van der Waals surface area contributed by atoms with E-state index in [9.17, 15) is 0 Å². The van der Waals surface area contributed by atoms with E-state index in [1.165, 1.54) is 37.1 Å². The Balaban J connectivity index is 3.66. The van der Waals surface area contributed by atoms with E-state index in [0.717, 1.165) is 12.8 Å². The molecule has 0 fully saturated rings. The van der Waals surface area contributed by atoms with E-state index in [2.05, 4.69) is 48.5 Å². The number of hydrogen-bond donors (Lipinski definition) is 0. The zero-order valence-corrected chi connectivity index (χ0v) is 14.7. The van der Waals surface area contributed by atoms with Gasteiger partial charge in [0.15, 0.2) is 0 Å². The Kier molecular flexibility index (Phi) is 6.23. The van der Waals surface area contributed by atoms with Crippen LogP contribution in [0.4, 0.5) is 0 Å². The van der Waals surface area contributed by atoms with Crippen molar-refractivity contribution in [2.75, 3.05) is 0 Å². The molecule has 20 heavy (non-hydrogen) atoms. The first kappa shape index (κ1) is 17.2. The fraction of sp³-hybridized carbons (Fsp3) is 0.737. The molecule has 0 aliphatic carbocycles. The number of pyridine rings is 1. The summed E-state index contributed by atoms with van der Waals surface area (Å²) >= 11 is 0. The lowest BCUT2D eigenvalue weighted by molar-refractivity contribution is 0.564. The highest BCUT2D eigenvalue weighted by Gasteiger charge is 2.25. The van der Waals surface area contributed by atoms with E-state index in [4.69, 9.17) is 4.98 Å². The molecular weight excluding hydrogens is 242 g/mol. The minimum absolute atomic E-state index is 0.214. The molecule has 0 aliphatic rings. The van der Waals surface area contributed by atoms with E-state index < -0.39 is 0 Å². The van der Waals surface area contributed by atoms with Gasteiger partial charge in [-0.3, -0.25) is 4.98 Å². The molecule has 1 aromatic rings. The number of aryl methyl sites for hydroxylation is 2. The van der Waals surface area contributed by atoms with Crippen molar-refractivity contribution in [3.8, 4) is 0 Å². The highest BCUT2D eigenvalue weighted by atomic mass is 14.7. The minimum atomic E-state index is 0.214. The van der Waals surface area contributed by atoms with E-state index in [-0.39, 0.29) is 5.41 Å². The van der Waals surface area contributed by atoms with Gasteiger partial charge in [0.2, 0.25) is 0 Å². The maximum atomic E-state index is 5.02. The van der Waals surface area contributed by atoms with Gasteiger partial charge in [-0.15, -0.1) is 0 Å². The number of aromatic nitrogens is 1. The molecule has 0 radical (unpaired) electrons. The standard InChI is InChI=1S/C19H33N/c1-8-12-14-16(10-3)20-17(11-4)15(13-9-2)18(14)19(5,6)7/h8-13H2,1-7H3. The Labute approximate surface area is 126 Å². The quantitative estimate of drug-likeness (QED) is 0.676. The van der Waals surface area contributed by atoms with Crippen molar-refractivity contribution in [2.24, 2.45) is 0 Å². The third kappa shape index (κ3) is 3.62. The summed E-state index contributed by atoms with van der Waals surface area (Å²) in [5.74, 6) is 0. The van der Waals surface area contributed by atoms with Crippen LogP contribution in [-0.2, 0) is 31.1 Å². The maximum absolute atomic E-state index is 5.02. The molecule has 0 saturated heterocycles. The van der Waals surface area contributed by atoms with Gasteiger partial charge in [0.1, 0.15) is 0 Å².